The van der Waals surface area contributed by atoms with Crippen molar-refractivity contribution in [2.45, 2.75) is 20.8 Å². The number of ether oxygens (including phenoxy) is 1. The molecule has 0 aromatic carbocycles. The van der Waals surface area contributed by atoms with Gasteiger partial charge < -0.3 is 18.6 Å². The molecule has 0 spiro atoms. The van der Waals surface area contributed by atoms with Gasteiger partial charge in [0.25, 0.3) is 0 Å². The molecule has 0 fully saturated rings. The van der Waals surface area contributed by atoms with Crippen LogP contribution >= 0.6 is 7.60 Å². The molecule has 5 nitrogen and oxygen atoms in total. The predicted octanol–water partition coefficient (Wildman–Crippen LogP) is 0.0938. The van der Waals surface area contributed by atoms with Crippen molar-refractivity contribution in [1.82, 2.24) is 0 Å². The number of rotatable bonds is 8. The summed E-state index contributed by atoms with van der Waals surface area (Å²) in [7, 11) is -2.15. The summed E-state index contributed by atoms with van der Waals surface area (Å²) < 4.78 is 27.0. The van der Waals surface area contributed by atoms with Gasteiger partial charge in [-0.25, -0.2) is 0 Å². The van der Waals surface area contributed by atoms with Gasteiger partial charge in [0.1, 0.15) is 0 Å². The fraction of sp³-hybridized carbons (Fsp3) is 0.500. The molecule has 0 aromatic rings. The predicted molar refractivity (Wildman–Crippen MR) is 70.1 cm³/mol. The Hall–Kier alpha value is -0.433. The maximum Gasteiger partial charge on any atom is 1.00 e. The minimum absolute atomic E-state index is 0. The Bertz CT molecular complexity index is 355. The molecule has 0 aliphatic rings. The summed E-state index contributed by atoms with van der Waals surface area (Å²) in [5, 5.41) is 0. The van der Waals surface area contributed by atoms with Crippen LogP contribution in [0.3, 0.4) is 0 Å². The van der Waals surface area contributed by atoms with Gasteiger partial charge >= 0.3 is 26.5 Å². The third kappa shape index (κ3) is 8.36. The first-order valence-corrected chi connectivity index (χ1v) is 7.30. The molecule has 19 heavy (non-hydrogen) atoms. The Balaban J connectivity index is 0. The molecule has 0 radical (unpaired) electrons. The third-order valence-corrected chi connectivity index (χ3v) is 3.64. The van der Waals surface area contributed by atoms with E-state index < -0.39 is 13.6 Å². The van der Waals surface area contributed by atoms with Crippen LogP contribution < -0.4 is 18.9 Å². The molecular weight excluding hydrogens is 262 g/mol. The van der Waals surface area contributed by atoms with Crippen molar-refractivity contribution in [2.24, 2.45) is 0 Å². The van der Waals surface area contributed by atoms with Crippen LogP contribution in [0, 0.1) is 6.16 Å². The largest absolute Gasteiger partial charge is 1.00 e. The van der Waals surface area contributed by atoms with Gasteiger partial charge in [0.15, 0.2) is 0 Å². The molecule has 0 saturated heterocycles. The molecule has 104 valence electrons. The second-order valence-corrected chi connectivity index (χ2v) is 5.00. The smallest absolute Gasteiger partial charge is 0.523 e. The number of methoxy groups -OCH3 is 1. The van der Waals surface area contributed by atoms with E-state index in [2.05, 4.69) is 4.74 Å². The summed E-state index contributed by atoms with van der Waals surface area (Å²) in [6.45, 7) is 5.66. The maximum absolute atomic E-state index is 12.2. The molecule has 0 atom stereocenters. The van der Waals surface area contributed by atoms with Gasteiger partial charge in [-0.1, -0.05) is 17.8 Å². The van der Waals surface area contributed by atoms with Gasteiger partial charge in [-0.05, 0) is 20.8 Å². The minimum atomic E-state index is -3.41. The number of carbonyl (C=O) groups excluding carboxylic acids is 1. The molecule has 0 saturated carbocycles. The number of hydrogen-bond donors (Lipinski definition) is 0. The first kappa shape index (κ1) is 20.9. The van der Waals surface area contributed by atoms with Crippen LogP contribution in [0.5, 0.6) is 0 Å². The maximum atomic E-state index is 12.2. The van der Waals surface area contributed by atoms with Gasteiger partial charge in [-0.15, -0.1) is 6.08 Å². The van der Waals surface area contributed by atoms with Crippen LogP contribution in [0.4, 0.5) is 0 Å². The first-order valence-electron chi connectivity index (χ1n) is 5.69. The molecule has 0 aliphatic heterocycles. The van der Waals surface area contributed by atoms with Crippen molar-refractivity contribution in [3.63, 3.8) is 0 Å². The molecule has 0 heterocycles. The van der Waals surface area contributed by atoms with E-state index in [0.717, 1.165) is 0 Å². The monoisotopic (exact) mass is 282 g/mol. The third-order valence-electron chi connectivity index (χ3n) is 1.80. The second kappa shape index (κ2) is 11.4. The zero-order valence-corrected chi connectivity index (χ0v) is 13.1. The van der Waals surface area contributed by atoms with Crippen LogP contribution in [0.25, 0.3) is 0 Å². The Labute approximate surface area is 127 Å². The normalized spacial score (nSPS) is 12.1. The average molecular weight is 282 g/mol. The average Bonchev–Trinajstić information content (AvgIpc) is 2.34. The first-order chi connectivity index (χ1) is 8.52. The van der Waals surface area contributed by atoms with E-state index >= 15 is 0 Å². The van der Waals surface area contributed by atoms with Crippen LogP contribution in [0.1, 0.15) is 20.8 Å². The molecule has 0 rings (SSSR count). The Morgan fingerprint density at radius 1 is 1.26 bits per heavy atom. The van der Waals surface area contributed by atoms with Crippen LogP contribution in [0.15, 0.2) is 23.8 Å². The summed E-state index contributed by atoms with van der Waals surface area (Å²) in [5.41, 5.74) is 0.140. The summed E-state index contributed by atoms with van der Waals surface area (Å²) >= 11 is 0. The van der Waals surface area contributed by atoms with Crippen molar-refractivity contribution in [3.8, 4) is 0 Å². The van der Waals surface area contributed by atoms with Gasteiger partial charge in [-0.3, -0.25) is 4.57 Å². The van der Waals surface area contributed by atoms with E-state index in [1.165, 1.54) is 19.3 Å². The SMILES string of the molecule is C/C=C\C=C(/[CH-]P(=O)(OCC)OCC)C(=O)OC.[Li+]. The summed E-state index contributed by atoms with van der Waals surface area (Å²) in [4.78, 5) is 11.5. The molecule has 0 unspecified atom stereocenters. The number of carbonyl (C=O) groups is 1. The summed E-state index contributed by atoms with van der Waals surface area (Å²) in [6.07, 6.45) is 6.07. The van der Waals surface area contributed by atoms with Gasteiger partial charge in [-0.2, -0.15) is 6.08 Å². The molecule has 7 heteroatoms. The van der Waals surface area contributed by atoms with E-state index in [0.29, 0.717) is 0 Å². The van der Waals surface area contributed by atoms with Crippen molar-refractivity contribution in [3.05, 3.63) is 30.0 Å². The minimum Gasteiger partial charge on any atom is -0.523 e. The van der Waals surface area contributed by atoms with Crippen LogP contribution in [0.2, 0.25) is 0 Å². The number of hydrogen-bond acceptors (Lipinski definition) is 5. The fourth-order valence-corrected chi connectivity index (χ4v) is 2.60. The van der Waals surface area contributed by atoms with E-state index in [4.69, 9.17) is 9.05 Å². The molecule has 0 bridgehead atoms. The Morgan fingerprint density at radius 2 is 1.79 bits per heavy atom. The topological polar surface area (TPSA) is 61.8 Å². The Morgan fingerprint density at radius 3 is 2.16 bits per heavy atom. The molecule has 0 amide bonds. The Kier molecular flexibility index (Phi) is 12.5. The van der Waals surface area contributed by atoms with E-state index in [-0.39, 0.29) is 37.6 Å². The number of allylic oxidation sites excluding steroid dienone is 3. The standard InChI is InChI=1S/C12H20O5P.Li/c1-5-8-9-11(12(13)15-4)10-18(14,16-6-2)17-7-3;/h5,8-10H,6-7H2,1-4H3;/q-1;+1/b8-5-,11-9+;. The zero-order chi connectivity index (χ0) is 14.0. The second-order valence-electron chi connectivity index (χ2n) is 3.14. The summed E-state index contributed by atoms with van der Waals surface area (Å²) in [6, 6.07) is 0. The van der Waals surface area contributed by atoms with E-state index in [1.807, 2.05) is 0 Å². The summed E-state index contributed by atoms with van der Waals surface area (Å²) in [5.74, 6) is -0.590. The number of esters is 1. The fourth-order valence-electron chi connectivity index (χ4n) is 1.12. The van der Waals surface area contributed by atoms with Crippen molar-refractivity contribution in [2.75, 3.05) is 20.3 Å². The van der Waals surface area contributed by atoms with E-state index in [9.17, 15) is 9.36 Å². The molecule has 0 aromatic heterocycles. The van der Waals surface area contributed by atoms with Crippen molar-refractivity contribution < 1.29 is 42.0 Å². The quantitative estimate of drug-likeness (QED) is 0.158. The van der Waals surface area contributed by atoms with Gasteiger partial charge in [0.05, 0.1) is 20.3 Å². The van der Waals surface area contributed by atoms with Gasteiger partial charge in [0.2, 0.25) is 5.97 Å². The van der Waals surface area contributed by atoms with E-state index in [1.54, 1.807) is 32.9 Å². The zero-order valence-electron chi connectivity index (χ0n) is 12.2. The molecule has 0 N–H and O–H groups in total. The van der Waals surface area contributed by atoms with Crippen molar-refractivity contribution in [1.29, 1.82) is 0 Å². The molecular formula is C12H20LiO5P. The van der Waals surface area contributed by atoms with Crippen molar-refractivity contribution >= 4 is 13.6 Å². The van der Waals surface area contributed by atoms with Crippen LogP contribution in [-0.2, 0) is 23.1 Å². The van der Waals surface area contributed by atoms with Gasteiger partial charge in [0, 0.05) is 0 Å². The van der Waals surface area contributed by atoms with Crippen LogP contribution in [-0.4, -0.2) is 26.3 Å². The molecule has 0 aliphatic carbocycles.